The summed E-state index contributed by atoms with van der Waals surface area (Å²) in [5.74, 6) is -0.352. The first kappa shape index (κ1) is 12.8. The van der Waals surface area contributed by atoms with Gasteiger partial charge in [0, 0.05) is 22.5 Å². The van der Waals surface area contributed by atoms with Gasteiger partial charge >= 0.3 is 0 Å². The Kier molecular flexibility index (Phi) is 3.56. The molecule has 2 aromatic rings. The number of nitrogens with two attached hydrogens (primary N) is 1. The molecule has 0 aliphatic heterocycles. The quantitative estimate of drug-likeness (QED) is 0.446. The first-order valence-corrected chi connectivity index (χ1v) is 5.56. The largest absolute Gasteiger partial charge is 0.398 e. The van der Waals surface area contributed by atoms with Crippen LogP contribution < -0.4 is 11.1 Å². The number of hydrogen-bond donors (Lipinski definition) is 3. The van der Waals surface area contributed by atoms with Crippen molar-refractivity contribution in [3.8, 4) is 0 Å². The molecule has 0 aliphatic rings. The lowest BCUT2D eigenvalue weighted by Gasteiger charge is -2.09. The molecule has 0 aromatic heterocycles. The van der Waals surface area contributed by atoms with Gasteiger partial charge in [0.15, 0.2) is 0 Å². The molecule has 96 valence electrons. The summed E-state index contributed by atoms with van der Waals surface area (Å²) in [4.78, 5) is 10.3. The molecule has 19 heavy (non-hydrogen) atoms. The number of amides is 1. The molecule has 0 heterocycles. The zero-order valence-corrected chi connectivity index (χ0v) is 9.98. The van der Waals surface area contributed by atoms with Gasteiger partial charge in [0.05, 0.1) is 5.71 Å². The first-order chi connectivity index (χ1) is 9.11. The van der Waals surface area contributed by atoms with Crippen LogP contribution in [0.2, 0.25) is 0 Å². The van der Waals surface area contributed by atoms with Crippen LogP contribution in [0.15, 0.2) is 42.5 Å². The standard InChI is InChI=1S/C14H12FN3O/c15-10-3-1-9(2-4-10)14(17)12-6-5-11(18-8-19)7-13(12)16/h1-8,17H,16H2,(H,18,19). The maximum atomic E-state index is 12.8. The molecular weight excluding hydrogens is 245 g/mol. The van der Waals surface area contributed by atoms with Gasteiger partial charge in [0.25, 0.3) is 0 Å². The number of rotatable bonds is 4. The second kappa shape index (κ2) is 5.30. The van der Waals surface area contributed by atoms with E-state index >= 15 is 0 Å². The highest BCUT2D eigenvalue weighted by Gasteiger charge is 2.09. The van der Waals surface area contributed by atoms with Gasteiger partial charge in [-0.2, -0.15) is 0 Å². The number of carbonyl (C=O) groups is 1. The van der Waals surface area contributed by atoms with Crippen LogP contribution in [-0.4, -0.2) is 12.1 Å². The van der Waals surface area contributed by atoms with Crippen LogP contribution in [0.1, 0.15) is 11.1 Å². The van der Waals surface area contributed by atoms with Crippen LogP contribution in [0.4, 0.5) is 15.8 Å². The molecule has 2 aromatic carbocycles. The van der Waals surface area contributed by atoms with Gasteiger partial charge in [-0.15, -0.1) is 0 Å². The molecule has 0 spiro atoms. The topological polar surface area (TPSA) is 79.0 Å². The Labute approximate surface area is 109 Å². The lowest BCUT2D eigenvalue weighted by molar-refractivity contribution is -0.105. The molecule has 4 N–H and O–H groups in total. The van der Waals surface area contributed by atoms with E-state index in [1.165, 1.54) is 24.3 Å². The number of nitrogens with one attached hydrogen (secondary N) is 2. The molecule has 0 saturated carbocycles. The molecule has 2 rings (SSSR count). The number of hydrogen-bond acceptors (Lipinski definition) is 3. The molecule has 0 unspecified atom stereocenters. The Morgan fingerprint density at radius 3 is 2.47 bits per heavy atom. The molecule has 0 atom stereocenters. The number of benzene rings is 2. The van der Waals surface area contributed by atoms with Crippen molar-refractivity contribution < 1.29 is 9.18 Å². The maximum absolute atomic E-state index is 12.8. The van der Waals surface area contributed by atoms with E-state index in [0.717, 1.165) is 0 Å². The van der Waals surface area contributed by atoms with E-state index < -0.39 is 0 Å². The Bertz CT molecular complexity index is 623. The van der Waals surface area contributed by atoms with E-state index in [9.17, 15) is 9.18 Å². The zero-order chi connectivity index (χ0) is 13.8. The van der Waals surface area contributed by atoms with E-state index in [-0.39, 0.29) is 11.5 Å². The van der Waals surface area contributed by atoms with Gasteiger partial charge in [0.1, 0.15) is 5.82 Å². The number of anilines is 2. The summed E-state index contributed by atoms with van der Waals surface area (Å²) in [7, 11) is 0. The molecule has 4 nitrogen and oxygen atoms in total. The van der Waals surface area contributed by atoms with Crippen molar-refractivity contribution in [3.05, 3.63) is 59.4 Å². The minimum Gasteiger partial charge on any atom is -0.398 e. The first-order valence-electron chi connectivity index (χ1n) is 5.56. The molecule has 1 amide bonds. The van der Waals surface area contributed by atoms with Gasteiger partial charge in [-0.3, -0.25) is 10.2 Å². The fraction of sp³-hybridized carbons (Fsp3) is 0. The van der Waals surface area contributed by atoms with Crippen molar-refractivity contribution in [3.63, 3.8) is 0 Å². The summed E-state index contributed by atoms with van der Waals surface area (Å²) in [6, 6.07) is 10.5. The van der Waals surface area contributed by atoms with Crippen LogP contribution in [0, 0.1) is 11.2 Å². The summed E-state index contributed by atoms with van der Waals surface area (Å²) in [5.41, 5.74) is 8.09. The second-order valence-electron chi connectivity index (χ2n) is 3.95. The maximum Gasteiger partial charge on any atom is 0.211 e. The molecule has 0 bridgehead atoms. The van der Waals surface area contributed by atoms with Gasteiger partial charge in [-0.25, -0.2) is 4.39 Å². The van der Waals surface area contributed by atoms with Crippen LogP contribution >= 0.6 is 0 Å². The molecule has 0 fully saturated rings. The summed E-state index contributed by atoms with van der Waals surface area (Å²) < 4.78 is 12.8. The molecule has 0 aliphatic carbocycles. The van der Waals surface area contributed by atoms with Crippen LogP contribution in [-0.2, 0) is 4.79 Å². The fourth-order valence-electron chi connectivity index (χ4n) is 1.72. The Morgan fingerprint density at radius 2 is 1.89 bits per heavy atom. The van der Waals surface area contributed by atoms with Crippen LogP contribution in [0.5, 0.6) is 0 Å². The van der Waals surface area contributed by atoms with E-state index in [0.29, 0.717) is 28.9 Å². The van der Waals surface area contributed by atoms with Crippen molar-refractivity contribution >= 4 is 23.5 Å². The Hall–Kier alpha value is -2.69. The van der Waals surface area contributed by atoms with E-state index in [4.69, 9.17) is 11.1 Å². The van der Waals surface area contributed by atoms with Gasteiger partial charge in [0.2, 0.25) is 6.41 Å². The fourth-order valence-corrected chi connectivity index (χ4v) is 1.72. The minimum atomic E-state index is -0.352. The van der Waals surface area contributed by atoms with Crippen molar-refractivity contribution in [1.82, 2.24) is 0 Å². The molecular formula is C14H12FN3O. The predicted octanol–water partition coefficient (Wildman–Crippen LogP) is 2.39. The Morgan fingerprint density at radius 1 is 1.21 bits per heavy atom. The highest BCUT2D eigenvalue weighted by molar-refractivity contribution is 6.14. The number of nitrogen functional groups attached to an aromatic ring is 1. The highest BCUT2D eigenvalue weighted by atomic mass is 19.1. The third kappa shape index (κ3) is 2.77. The van der Waals surface area contributed by atoms with Crippen molar-refractivity contribution in [2.75, 3.05) is 11.1 Å². The SMILES string of the molecule is N=C(c1ccc(F)cc1)c1ccc(NC=O)cc1N. The molecule has 0 radical (unpaired) electrons. The average Bonchev–Trinajstić information content (AvgIpc) is 2.39. The normalized spacial score (nSPS) is 9.95. The van der Waals surface area contributed by atoms with Gasteiger partial charge in [-0.1, -0.05) is 0 Å². The van der Waals surface area contributed by atoms with Crippen LogP contribution in [0.3, 0.4) is 0 Å². The third-order valence-corrected chi connectivity index (χ3v) is 2.68. The monoisotopic (exact) mass is 257 g/mol. The van der Waals surface area contributed by atoms with Crippen LogP contribution in [0.25, 0.3) is 0 Å². The average molecular weight is 257 g/mol. The van der Waals surface area contributed by atoms with E-state index in [1.807, 2.05) is 0 Å². The summed E-state index contributed by atoms with van der Waals surface area (Å²) in [6.45, 7) is 0. The van der Waals surface area contributed by atoms with Crippen molar-refractivity contribution in [2.24, 2.45) is 0 Å². The zero-order valence-electron chi connectivity index (χ0n) is 9.98. The smallest absolute Gasteiger partial charge is 0.211 e. The summed E-state index contributed by atoms with van der Waals surface area (Å²) in [6.07, 6.45) is 0.555. The van der Waals surface area contributed by atoms with Gasteiger partial charge in [-0.05, 0) is 42.5 Å². The van der Waals surface area contributed by atoms with Gasteiger partial charge < -0.3 is 11.1 Å². The lowest BCUT2D eigenvalue weighted by Crippen LogP contribution is -2.06. The lowest BCUT2D eigenvalue weighted by atomic mass is 10.0. The third-order valence-electron chi connectivity index (χ3n) is 2.68. The van der Waals surface area contributed by atoms with Crippen molar-refractivity contribution in [2.45, 2.75) is 0 Å². The van der Waals surface area contributed by atoms with Crippen molar-refractivity contribution in [1.29, 1.82) is 5.41 Å². The van der Waals surface area contributed by atoms with E-state index in [1.54, 1.807) is 18.2 Å². The minimum absolute atomic E-state index is 0.204. The Balaban J connectivity index is 2.33. The van der Waals surface area contributed by atoms with E-state index in [2.05, 4.69) is 5.32 Å². The number of halogens is 1. The predicted molar refractivity (Wildman–Crippen MR) is 72.9 cm³/mol. The highest BCUT2D eigenvalue weighted by Crippen LogP contribution is 2.21. The number of carbonyl (C=O) groups excluding carboxylic acids is 1. The summed E-state index contributed by atoms with van der Waals surface area (Å²) >= 11 is 0. The molecule has 0 saturated heterocycles. The molecule has 5 heteroatoms. The second-order valence-corrected chi connectivity index (χ2v) is 3.95. The summed E-state index contributed by atoms with van der Waals surface area (Å²) in [5, 5.41) is 10.5.